The van der Waals surface area contributed by atoms with Crippen LogP contribution >= 0.6 is 0 Å². The van der Waals surface area contributed by atoms with Crippen molar-refractivity contribution >= 4 is 0 Å². The van der Waals surface area contributed by atoms with Crippen LogP contribution in [0.5, 0.6) is 0 Å². The van der Waals surface area contributed by atoms with E-state index in [9.17, 15) is 0 Å². The zero-order valence-corrected chi connectivity index (χ0v) is 9.75. The standard InChI is InChI=1S/C11H24N2O/c1-10(2)14-9-6-12-11-4-7-13(3)8-5-11/h10-12H,4-9H2,1-3H3. The van der Waals surface area contributed by atoms with Crippen molar-refractivity contribution in [2.24, 2.45) is 0 Å². The zero-order chi connectivity index (χ0) is 10.4. The summed E-state index contributed by atoms with van der Waals surface area (Å²) < 4.78 is 5.48. The SMILES string of the molecule is CC(C)OCCNC1CCN(C)CC1. The van der Waals surface area contributed by atoms with Gasteiger partial charge in [0.25, 0.3) is 0 Å². The average molecular weight is 200 g/mol. The van der Waals surface area contributed by atoms with Crippen LogP contribution in [0.4, 0.5) is 0 Å². The zero-order valence-electron chi connectivity index (χ0n) is 9.75. The lowest BCUT2D eigenvalue weighted by molar-refractivity contribution is 0.0776. The highest BCUT2D eigenvalue weighted by atomic mass is 16.5. The van der Waals surface area contributed by atoms with E-state index in [0.29, 0.717) is 12.1 Å². The van der Waals surface area contributed by atoms with Gasteiger partial charge in [0.05, 0.1) is 12.7 Å². The van der Waals surface area contributed by atoms with Crippen LogP contribution in [0.15, 0.2) is 0 Å². The second-order valence-corrected chi connectivity index (χ2v) is 4.45. The van der Waals surface area contributed by atoms with Gasteiger partial charge in [-0.15, -0.1) is 0 Å². The summed E-state index contributed by atoms with van der Waals surface area (Å²) in [5.41, 5.74) is 0. The monoisotopic (exact) mass is 200 g/mol. The third kappa shape index (κ3) is 4.94. The van der Waals surface area contributed by atoms with E-state index in [2.05, 4.69) is 31.1 Å². The minimum Gasteiger partial charge on any atom is -0.377 e. The molecular weight excluding hydrogens is 176 g/mol. The Balaban J connectivity index is 1.96. The molecule has 1 heterocycles. The molecule has 84 valence electrons. The van der Waals surface area contributed by atoms with E-state index in [-0.39, 0.29) is 0 Å². The Hall–Kier alpha value is -0.120. The molecule has 1 rings (SSSR count). The molecule has 0 radical (unpaired) electrons. The molecule has 0 aromatic heterocycles. The van der Waals surface area contributed by atoms with Crippen LogP contribution in [0.2, 0.25) is 0 Å². The van der Waals surface area contributed by atoms with Crippen molar-refractivity contribution in [2.45, 2.75) is 38.8 Å². The molecule has 0 aromatic carbocycles. The predicted molar refractivity (Wildman–Crippen MR) is 59.6 cm³/mol. The molecule has 0 aliphatic carbocycles. The maximum Gasteiger partial charge on any atom is 0.0594 e. The molecule has 0 amide bonds. The van der Waals surface area contributed by atoms with Crippen molar-refractivity contribution in [3.8, 4) is 0 Å². The van der Waals surface area contributed by atoms with Crippen molar-refractivity contribution in [1.82, 2.24) is 10.2 Å². The number of hydrogen-bond acceptors (Lipinski definition) is 3. The largest absolute Gasteiger partial charge is 0.377 e. The molecule has 0 saturated carbocycles. The highest BCUT2D eigenvalue weighted by Crippen LogP contribution is 2.07. The van der Waals surface area contributed by atoms with Gasteiger partial charge in [-0.1, -0.05) is 0 Å². The molecule has 1 fully saturated rings. The minimum atomic E-state index is 0.356. The smallest absolute Gasteiger partial charge is 0.0594 e. The average Bonchev–Trinajstić information content (AvgIpc) is 2.15. The van der Waals surface area contributed by atoms with Crippen molar-refractivity contribution in [2.75, 3.05) is 33.3 Å². The van der Waals surface area contributed by atoms with Gasteiger partial charge in [-0.2, -0.15) is 0 Å². The first-order valence-electron chi connectivity index (χ1n) is 5.72. The highest BCUT2D eigenvalue weighted by Gasteiger charge is 2.15. The molecule has 3 nitrogen and oxygen atoms in total. The van der Waals surface area contributed by atoms with Crippen LogP contribution in [0.25, 0.3) is 0 Å². The van der Waals surface area contributed by atoms with Gasteiger partial charge in [-0.05, 0) is 46.8 Å². The first-order valence-corrected chi connectivity index (χ1v) is 5.72. The Kier molecular flexibility index (Phi) is 5.45. The topological polar surface area (TPSA) is 24.5 Å². The Bertz CT molecular complexity index is 142. The fourth-order valence-corrected chi connectivity index (χ4v) is 1.77. The van der Waals surface area contributed by atoms with Gasteiger partial charge < -0.3 is 15.0 Å². The molecule has 0 bridgehead atoms. The Morgan fingerprint density at radius 3 is 2.57 bits per heavy atom. The summed E-state index contributed by atoms with van der Waals surface area (Å²) in [5.74, 6) is 0. The molecule has 1 aliphatic rings. The van der Waals surface area contributed by atoms with E-state index in [4.69, 9.17) is 4.74 Å². The molecular formula is C11H24N2O. The number of hydrogen-bond donors (Lipinski definition) is 1. The van der Waals surface area contributed by atoms with Crippen LogP contribution in [0.1, 0.15) is 26.7 Å². The van der Waals surface area contributed by atoms with Gasteiger partial charge in [-0.3, -0.25) is 0 Å². The van der Waals surface area contributed by atoms with E-state index < -0.39 is 0 Å². The van der Waals surface area contributed by atoms with Crippen molar-refractivity contribution in [3.05, 3.63) is 0 Å². The summed E-state index contributed by atoms with van der Waals surface area (Å²) in [6, 6.07) is 0.710. The van der Waals surface area contributed by atoms with Crippen molar-refractivity contribution in [3.63, 3.8) is 0 Å². The molecule has 1 N–H and O–H groups in total. The number of rotatable bonds is 5. The molecule has 1 aliphatic heterocycles. The Morgan fingerprint density at radius 1 is 1.36 bits per heavy atom. The van der Waals surface area contributed by atoms with E-state index in [1.54, 1.807) is 0 Å². The summed E-state index contributed by atoms with van der Waals surface area (Å²) >= 11 is 0. The first kappa shape index (κ1) is 12.0. The lowest BCUT2D eigenvalue weighted by atomic mass is 10.1. The normalized spacial score (nSPS) is 20.6. The molecule has 1 saturated heterocycles. The Labute approximate surface area is 87.8 Å². The maximum atomic E-state index is 5.48. The van der Waals surface area contributed by atoms with Crippen LogP contribution in [0, 0.1) is 0 Å². The predicted octanol–water partition coefficient (Wildman–Crippen LogP) is 1.10. The molecule has 0 unspecified atom stereocenters. The second kappa shape index (κ2) is 6.38. The van der Waals surface area contributed by atoms with E-state index >= 15 is 0 Å². The van der Waals surface area contributed by atoms with E-state index in [0.717, 1.165) is 13.2 Å². The number of likely N-dealkylation sites (tertiary alicyclic amines) is 1. The quantitative estimate of drug-likeness (QED) is 0.673. The fourth-order valence-electron chi connectivity index (χ4n) is 1.77. The summed E-state index contributed by atoms with van der Waals surface area (Å²) in [6.07, 6.45) is 2.91. The summed E-state index contributed by atoms with van der Waals surface area (Å²) in [4.78, 5) is 2.39. The van der Waals surface area contributed by atoms with Crippen LogP contribution in [0.3, 0.4) is 0 Å². The maximum absolute atomic E-state index is 5.48. The van der Waals surface area contributed by atoms with Gasteiger partial charge >= 0.3 is 0 Å². The fraction of sp³-hybridized carbons (Fsp3) is 1.00. The van der Waals surface area contributed by atoms with E-state index in [1.807, 2.05) is 0 Å². The summed E-state index contributed by atoms with van der Waals surface area (Å²) in [6.45, 7) is 8.44. The van der Waals surface area contributed by atoms with Crippen LogP contribution < -0.4 is 5.32 Å². The van der Waals surface area contributed by atoms with Gasteiger partial charge in [0.1, 0.15) is 0 Å². The van der Waals surface area contributed by atoms with Gasteiger partial charge in [-0.25, -0.2) is 0 Å². The third-order valence-corrected chi connectivity index (χ3v) is 2.70. The minimum absolute atomic E-state index is 0.356. The number of piperidine rings is 1. The molecule has 14 heavy (non-hydrogen) atoms. The van der Waals surface area contributed by atoms with Gasteiger partial charge in [0.15, 0.2) is 0 Å². The number of nitrogens with zero attached hydrogens (tertiary/aromatic N) is 1. The first-order chi connectivity index (χ1) is 6.68. The number of ether oxygens (including phenoxy) is 1. The summed E-state index contributed by atoms with van der Waals surface area (Å²) in [5, 5.41) is 3.55. The lowest BCUT2D eigenvalue weighted by Gasteiger charge is -2.29. The van der Waals surface area contributed by atoms with Crippen LogP contribution in [-0.4, -0.2) is 50.3 Å². The summed E-state index contributed by atoms with van der Waals surface area (Å²) in [7, 11) is 2.19. The van der Waals surface area contributed by atoms with Crippen molar-refractivity contribution < 1.29 is 4.74 Å². The van der Waals surface area contributed by atoms with Gasteiger partial charge in [0, 0.05) is 12.6 Å². The molecule has 3 heteroatoms. The molecule has 0 aromatic rings. The second-order valence-electron chi connectivity index (χ2n) is 4.45. The lowest BCUT2D eigenvalue weighted by Crippen LogP contribution is -2.42. The van der Waals surface area contributed by atoms with Crippen molar-refractivity contribution in [1.29, 1.82) is 0 Å². The van der Waals surface area contributed by atoms with E-state index in [1.165, 1.54) is 25.9 Å². The molecule has 0 spiro atoms. The Morgan fingerprint density at radius 2 is 2.00 bits per heavy atom. The molecule has 0 atom stereocenters. The number of nitrogens with one attached hydrogen (secondary N) is 1. The van der Waals surface area contributed by atoms with Gasteiger partial charge in [0.2, 0.25) is 0 Å². The third-order valence-electron chi connectivity index (χ3n) is 2.70. The highest BCUT2D eigenvalue weighted by molar-refractivity contribution is 4.75. The van der Waals surface area contributed by atoms with Crippen LogP contribution in [-0.2, 0) is 4.74 Å².